The second-order valence-electron chi connectivity index (χ2n) is 2.81. The molecule has 2 radical (unpaired) electrons. The summed E-state index contributed by atoms with van der Waals surface area (Å²) in [6.07, 6.45) is 2.02. The third kappa shape index (κ3) is 0.881. The van der Waals surface area contributed by atoms with Crippen molar-refractivity contribution in [3.8, 4) is 0 Å². The van der Waals surface area contributed by atoms with Gasteiger partial charge in [-0.15, -0.1) is 0 Å². The van der Waals surface area contributed by atoms with Gasteiger partial charge in [-0.3, -0.25) is 0 Å². The van der Waals surface area contributed by atoms with Crippen LogP contribution >= 0.6 is 0 Å². The molecule has 2 heteroatoms. The Morgan fingerprint density at radius 3 is 2.92 bits per heavy atom. The van der Waals surface area contributed by atoms with Crippen molar-refractivity contribution in [1.82, 2.24) is 4.57 Å². The number of anilines is 1. The first-order chi connectivity index (χ1) is 5.83. The SMILES string of the molecule is [CH]Nc1cccc2c1ccn2C. The fourth-order valence-electron chi connectivity index (χ4n) is 1.43. The van der Waals surface area contributed by atoms with Gasteiger partial charge in [0.15, 0.2) is 0 Å². The molecular weight excluding hydrogens is 148 g/mol. The molecule has 0 fully saturated rings. The lowest BCUT2D eigenvalue weighted by Gasteiger charge is -2.01. The van der Waals surface area contributed by atoms with E-state index in [2.05, 4.69) is 16.0 Å². The Morgan fingerprint density at radius 2 is 2.17 bits per heavy atom. The molecule has 12 heavy (non-hydrogen) atoms. The van der Waals surface area contributed by atoms with Crippen molar-refractivity contribution in [1.29, 1.82) is 0 Å². The molecule has 2 rings (SSSR count). The zero-order valence-corrected chi connectivity index (χ0v) is 6.91. The molecule has 0 bridgehead atoms. The summed E-state index contributed by atoms with van der Waals surface area (Å²) in [4.78, 5) is 0. The minimum absolute atomic E-state index is 0.966. The van der Waals surface area contributed by atoms with E-state index in [1.807, 2.05) is 31.4 Å². The molecule has 0 unspecified atom stereocenters. The van der Waals surface area contributed by atoms with Gasteiger partial charge in [-0.2, -0.15) is 0 Å². The van der Waals surface area contributed by atoms with Gasteiger partial charge in [0.1, 0.15) is 0 Å². The number of hydrogen-bond donors (Lipinski definition) is 1. The largest absolute Gasteiger partial charge is 0.377 e. The summed E-state index contributed by atoms with van der Waals surface area (Å²) in [5, 5.41) is 3.83. The number of aryl methyl sites for hydroxylation is 1. The second-order valence-corrected chi connectivity index (χ2v) is 2.81. The van der Waals surface area contributed by atoms with E-state index >= 15 is 0 Å². The Morgan fingerprint density at radius 1 is 1.33 bits per heavy atom. The fraction of sp³-hybridized carbons (Fsp3) is 0.100. The van der Waals surface area contributed by atoms with Crippen molar-refractivity contribution in [3.05, 3.63) is 37.5 Å². The van der Waals surface area contributed by atoms with Gasteiger partial charge in [-0.1, -0.05) is 6.07 Å². The van der Waals surface area contributed by atoms with Crippen molar-refractivity contribution in [3.63, 3.8) is 0 Å². The van der Waals surface area contributed by atoms with E-state index in [0.717, 1.165) is 11.1 Å². The molecule has 60 valence electrons. The van der Waals surface area contributed by atoms with Crippen molar-refractivity contribution in [2.75, 3.05) is 5.32 Å². The van der Waals surface area contributed by atoms with Gasteiger partial charge in [0.25, 0.3) is 0 Å². The van der Waals surface area contributed by atoms with Crippen molar-refractivity contribution in [2.24, 2.45) is 7.05 Å². The summed E-state index contributed by atoms with van der Waals surface area (Å²) >= 11 is 0. The Hall–Kier alpha value is -1.44. The van der Waals surface area contributed by atoms with E-state index in [1.54, 1.807) is 0 Å². The van der Waals surface area contributed by atoms with Gasteiger partial charge in [0.05, 0.1) is 7.05 Å². The molecule has 0 atom stereocenters. The van der Waals surface area contributed by atoms with E-state index in [9.17, 15) is 0 Å². The smallest absolute Gasteiger partial charge is 0.0705 e. The summed E-state index contributed by atoms with van der Waals surface area (Å²) < 4.78 is 2.07. The summed E-state index contributed by atoms with van der Waals surface area (Å²) in [6.45, 7) is 0. The molecule has 0 aliphatic rings. The van der Waals surface area contributed by atoms with Crippen LogP contribution in [0.2, 0.25) is 0 Å². The lowest BCUT2D eigenvalue weighted by atomic mass is 10.2. The number of aromatic nitrogens is 1. The zero-order chi connectivity index (χ0) is 8.55. The third-order valence-electron chi connectivity index (χ3n) is 2.08. The van der Waals surface area contributed by atoms with E-state index in [1.165, 1.54) is 5.52 Å². The van der Waals surface area contributed by atoms with E-state index in [-0.39, 0.29) is 0 Å². The minimum atomic E-state index is 0.966. The number of benzene rings is 1. The van der Waals surface area contributed by atoms with Crippen LogP contribution in [0.3, 0.4) is 0 Å². The monoisotopic (exact) mass is 158 g/mol. The fourth-order valence-corrected chi connectivity index (χ4v) is 1.43. The Balaban J connectivity index is 2.81. The number of rotatable bonds is 1. The second kappa shape index (κ2) is 2.55. The minimum Gasteiger partial charge on any atom is -0.377 e. The predicted octanol–water partition coefficient (Wildman–Crippen LogP) is 2.26. The lowest BCUT2D eigenvalue weighted by Crippen LogP contribution is -1.87. The summed E-state index contributed by atoms with van der Waals surface area (Å²) in [5.74, 6) is 0. The molecule has 0 spiro atoms. The molecule has 1 aromatic heterocycles. The topological polar surface area (TPSA) is 17.0 Å². The maximum Gasteiger partial charge on any atom is 0.0705 e. The summed E-state index contributed by atoms with van der Waals surface area (Å²) in [5.41, 5.74) is 2.15. The molecule has 0 aliphatic carbocycles. The van der Waals surface area contributed by atoms with Crippen LogP contribution in [0.15, 0.2) is 30.5 Å². The van der Waals surface area contributed by atoms with Crippen molar-refractivity contribution >= 4 is 16.6 Å². The molecule has 0 amide bonds. The maximum atomic E-state index is 5.37. The molecule has 1 N–H and O–H groups in total. The summed E-state index contributed by atoms with van der Waals surface area (Å²) in [7, 11) is 7.38. The zero-order valence-electron chi connectivity index (χ0n) is 6.91. The van der Waals surface area contributed by atoms with Gasteiger partial charge >= 0.3 is 0 Å². The molecular formula is C10H10N2. The van der Waals surface area contributed by atoms with Gasteiger partial charge in [-0.05, 0) is 18.2 Å². The van der Waals surface area contributed by atoms with Gasteiger partial charge in [0.2, 0.25) is 0 Å². The Labute approximate surface area is 71.8 Å². The van der Waals surface area contributed by atoms with E-state index in [4.69, 9.17) is 7.05 Å². The normalized spacial score (nSPS) is 10.5. The predicted molar refractivity (Wildman–Crippen MR) is 50.8 cm³/mol. The van der Waals surface area contributed by atoms with Crippen LogP contribution in [0.4, 0.5) is 5.69 Å². The highest BCUT2D eigenvalue weighted by Crippen LogP contribution is 2.23. The van der Waals surface area contributed by atoms with Gasteiger partial charge < -0.3 is 9.88 Å². The number of fused-ring (bicyclic) bond motifs is 1. The van der Waals surface area contributed by atoms with Crippen LogP contribution in [-0.4, -0.2) is 4.57 Å². The standard InChI is InChI=1S/C10H10N2/c1-11-9-4-3-5-10-8(9)6-7-12(10)2/h1,3-7,11H,2H3. The molecule has 2 aromatic rings. The van der Waals surface area contributed by atoms with Crippen LogP contribution < -0.4 is 5.32 Å². The average Bonchev–Trinajstić information content (AvgIpc) is 2.48. The van der Waals surface area contributed by atoms with Crippen LogP contribution in [-0.2, 0) is 7.05 Å². The van der Waals surface area contributed by atoms with Crippen LogP contribution in [0.25, 0.3) is 10.9 Å². The molecule has 0 saturated heterocycles. The van der Waals surface area contributed by atoms with Crippen LogP contribution in [0.1, 0.15) is 0 Å². The summed E-state index contributed by atoms with van der Waals surface area (Å²) in [6, 6.07) is 8.06. The first-order valence-corrected chi connectivity index (χ1v) is 3.83. The first kappa shape index (κ1) is 7.22. The third-order valence-corrected chi connectivity index (χ3v) is 2.08. The molecule has 0 saturated carbocycles. The lowest BCUT2D eigenvalue weighted by molar-refractivity contribution is 0.969. The Bertz CT molecular complexity index is 401. The van der Waals surface area contributed by atoms with E-state index < -0.39 is 0 Å². The molecule has 2 nitrogen and oxygen atoms in total. The van der Waals surface area contributed by atoms with Crippen LogP contribution in [0, 0.1) is 7.05 Å². The molecule has 1 heterocycles. The number of hydrogen-bond acceptors (Lipinski definition) is 1. The van der Waals surface area contributed by atoms with E-state index in [0.29, 0.717) is 0 Å². The highest BCUT2D eigenvalue weighted by molar-refractivity contribution is 5.92. The van der Waals surface area contributed by atoms with Crippen LogP contribution in [0.5, 0.6) is 0 Å². The average molecular weight is 158 g/mol. The van der Waals surface area contributed by atoms with Gasteiger partial charge in [0, 0.05) is 29.8 Å². The number of nitrogens with zero attached hydrogens (tertiary/aromatic N) is 1. The van der Waals surface area contributed by atoms with Gasteiger partial charge in [-0.25, -0.2) is 0 Å². The quantitative estimate of drug-likeness (QED) is 0.630. The first-order valence-electron chi connectivity index (χ1n) is 3.83. The highest BCUT2D eigenvalue weighted by Gasteiger charge is 2.00. The van der Waals surface area contributed by atoms with Crippen molar-refractivity contribution in [2.45, 2.75) is 0 Å². The molecule has 1 aromatic carbocycles. The van der Waals surface area contributed by atoms with Crippen molar-refractivity contribution < 1.29 is 0 Å². The maximum absolute atomic E-state index is 5.37. The Kier molecular flexibility index (Phi) is 1.54. The molecule has 0 aliphatic heterocycles. The highest BCUT2D eigenvalue weighted by atomic mass is 14.9. The number of nitrogens with one attached hydrogen (secondary N) is 1.